The van der Waals surface area contributed by atoms with Crippen LogP contribution in [0.5, 0.6) is 11.5 Å². The highest BCUT2D eigenvalue weighted by Crippen LogP contribution is 2.28. The Morgan fingerprint density at radius 3 is 2.26 bits per heavy atom. The van der Waals surface area contributed by atoms with Gasteiger partial charge in [-0.1, -0.05) is 84.4 Å². The Hall–Kier alpha value is -4.97. The molecule has 6 nitrogen and oxygen atoms in total. The third kappa shape index (κ3) is 5.39. The maximum absolute atomic E-state index is 12.8. The van der Waals surface area contributed by atoms with Gasteiger partial charge in [0, 0.05) is 10.9 Å². The molecule has 0 bridgehead atoms. The smallest absolute Gasteiger partial charge is 0.343 e. The molecule has 0 saturated heterocycles. The molecule has 1 N–H and O–H groups in total. The summed E-state index contributed by atoms with van der Waals surface area (Å²) in [6.07, 6.45) is 0.702. The van der Waals surface area contributed by atoms with Crippen LogP contribution in [0.3, 0.4) is 0 Å². The second-order valence-electron chi connectivity index (χ2n) is 8.93. The number of carbonyl (C=O) groups is 2. The van der Waals surface area contributed by atoms with E-state index < -0.39 is 18.0 Å². The highest BCUT2D eigenvalue weighted by atomic mass is 16.5. The first-order valence-electron chi connectivity index (χ1n) is 12.3. The van der Waals surface area contributed by atoms with Gasteiger partial charge >= 0.3 is 5.97 Å². The first-order valence-corrected chi connectivity index (χ1v) is 12.3. The Morgan fingerprint density at radius 2 is 1.47 bits per heavy atom. The van der Waals surface area contributed by atoms with Crippen LogP contribution in [-0.4, -0.2) is 24.2 Å². The van der Waals surface area contributed by atoms with Crippen molar-refractivity contribution in [2.24, 2.45) is 5.10 Å². The van der Waals surface area contributed by atoms with Gasteiger partial charge in [-0.25, -0.2) is 10.2 Å². The number of esters is 1. The molecule has 1 atom stereocenters. The van der Waals surface area contributed by atoms with Crippen molar-refractivity contribution in [3.8, 4) is 11.5 Å². The number of nitrogens with one attached hydrogen (secondary N) is 1. The standard InChI is InChI=1S/C32H26N2O4/c1-21-9-7-13-25(19-21)32(36)38-30-18-17-24-11-3-5-14-26(24)28(30)20-33-34-31(35)22(2)37-29-16-8-12-23-10-4-6-15-27(23)29/h3-20,22H,1-2H3,(H,34,35)/b33-20-/t22-/m0/s1. The highest BCUT2D eigenvalue weighted by molar-refractivity contribution is 6.04. The second kappa shape index (κ2) is 11.0. The molecule has 0 radical (unpaired) electrons. The van der Waals surface area contributed by atoms with E-state index in [0.29, 0.717) is 22.6 Å². The zero-order valence-electron chi connectivity index (χ0n) is 21.0. The molecule has 0 aromatic heterocycles. The van der Waals surface area contributed by atoms with Crippen LogP contribution in [0.1, 0.15) is 28.4 Å². The molecule has 1 amide bonds. The number of nitrogens with zero attached hydrogens (tertiary/aromatic N) is 1. The van der Waals surface area contributed by atoms with Gasteiger partial charge in [0.15, 0.2) is 6.10 Å². The minimum atomic E-state index is -0.788. The minimum absolute atomic E-state index is 0.341. The van der Waals surface area contributed by atoms with Crippen molar-refractivity contribution in [1.82, 2.24) is 5.43 Å². The first kappa shape index (κ1) is 24.7. The fourth-order valence-corrected chi connectivity index (χ4v) is 4.22. The summed E-state index contributed by atoms with van der Waals surface area (Å²) in [5.74, 6) is 0.0786. The van der Waals surface area contributed by atoms with Gasteiger partial charge in [0.25, 0.3) is 5.91 Å². The van der Waals surface area contributed by atoms with E-state index in [9.17, 15) is 9.59 Å². The molecule has 188 valence electrons. The zero-order chi connectivity index (χ0) is 26.5. The SMILES string of the molecule is Cc1cccc(C(=O)Oc2ccc3ccccc3c2/C=N\NC(=O)[C@H](C)Oc2cccc3ccccc23)c1. The monoisotopic (exact) mass is 502 g/mol. The summed E-state index contributed by atoms with van der Waals surface area (Å²) in [5.41, 5.74) is 4.54. The predicted octanol–water partition coefficient (Wildman–Crippen LogP) is 6.44. The van der Waals surface area contributed by atoms with Gasteiger partial charge in [0.1, 0.15) is 11.5 Å². The van der Waals surface area contributed by atoms with E-state index in [4.69, 9.17) is 9.47 Å². The highest BCUT2D eigenvalue weighted by Gasteiger charge is 2.17. The average molecular weight is 503 g/mol. The lowest BCUT2D eigenvalue weighted by Crippen LogP contribution is -2.33. The number of hydrogen-bond donors (Lipinski definition) is 1. The Labute approximate surface area is 220 Å². The molecule has 0 aliphatic rings. The second-order valence-corrected chi connectivity index (χ2v) is 8.93. The molecule has 5 rings (SSSR count). The van der Waals surface area contributed by atoms with E-state index in [1.54, 1.807) is 25.1 Å². The molecule has 0 heterocycles. The van der Waals surface area contributed by atoms with Crippen LogP contribution >= 0.6 is 0 Å². The normalized spacial score (nSPS) is 11.9. The number of aryl methyl sites for hydroxylation is 1. The molecule has 38 heavy (non-hydrogen) atoms. The maximum Gasteiger partial charge on any atom is 0.343 e. The Kier molecular flexibility index (Phi) is 7.13. The van der Waals surface area contributed by atoms with Crippen LogP contribution < -0.4 is 14.9 Å². The Morgan fingerprint density at radius 1 is 0.789 bits per heavy atom. The zero-order valence-corrected chi connectivity index (χ0v) is 21.0. The maximum atomic E-state index is 12.8. The predicted molar refractivity (Wildman–Crippen MR) is 150 cm³/mol. The molecule has 0 saturated carbocycles. The van der Waals surface area contributed by atoms with Crippen LogP contribution in [0, 0.1) is 6.92 Å². The number of amides is 1. The summed E-state index contributed by atoms with van der Waals surface area (Å²) in [6, 6.07) is 32.0. The fraction of sp³-hybridized carbons (Fsp3) is 0.0938. The average Bonchev–Trinajstić information content (AvgIpc) is 2.94. The summed E-state index contributed by atoms with van der Waals surface area (Å²) in [5, 5.41) is 7.91. The third-order valence-corrected chi connectivity index (χ3v) is 6.18. The molecule has 0 fully saturated rings. The van der Waals surface area contributed by atoms with E-state index in [1.807, 2.05) is 91.9 Å². The summed E-state index contributed by atoms with van der Waals surface area (Å²) in [4.78, 5) is 25.6. The number of ether oxygens (including phenoxy) is 2. The van der Waals surface area contributed by atoms with E-state index in [1.165, 1.54) is 6.21 Å². The van der Waals surface area contributed by atoms with Gasteiger partial charge in [0.05, 0.1) is 11.8 Å². The van der Waals surface area contributed by atoms with Gasteiger partial charge in [-0.2, -0.15) is 5.10 Å². The first-order chi connectivity index (χ1) is 18.5. The van der Waals surface area contributed by atoms with Crippen molar-refractivity contribution in [2.75, 3.05) is 0 Å². The fourth-order valence-electron chi connectivity index (χ4n) is 4.22. The van der Waals surface area contributed by atoms with E-state index >= 15 is 0 Å². The van der Waals surface area contributed by atoms with Gasteiger partial charge in [-0.05, 0) is 54.3 Å². The van der Waals surface area contributed by atoms with Crippen molar-refractivity contribution < 1.29 is 19.1 Å². The van der Waals surface area contributed by atoms with E-state index in [0.717, 1.165) is 27.1 Å². The number of fused-ring (bicyclic) bond motifs is 2. The molecule has 0 unspecified atom stereocenters. The third-order valence-electron chi connectivity index (χ3n) is 6.18. The summed E-state index contributed by atoms with van der Waals surface area (Å²) in [6.45, 7) is 3.58. The largest absolute Gasteiger partial charge is 0.480 e. The lowest BCUT2D eigenvalue weighted by atomic mass is 10.0. The van der Waals surface area contributed by atoms with E-state index in [2.05, 4.69) is 10.5 Å². The van der Waals surface area contributed by atoms with Crippen LogP contribution in [0.2, 0.25) is 0 Å². The summed E-state index contributed by atoms with van der Waals surface area (Å²) in [7, 11) is 0. The molecule has 0 aliphatic carbocycles. The summed E-state index contributed by atoms with van der Waals surface area (Å²) < 4.78 is 11.7. The van der Waals surface area contributed by atoms with Crippen molar-refractivity contribution >= 4 is 39.6 Å². The number of hydrogen-bond acceptors (Lipinski definition) is 5. The topological polar surface area (TPSA) is 77.0 Å². The lowest BCUT2D eigenvalue weighted by molar-refractivity contribution is -0.127. The number of carbonyl (C=O) groups excluding carboxylic acids is 2. The molecule has 0 spiro atoms. The van der Waals surface area contributed by atoms with Crippen molar-refractivity contribution in [1.29, 1.82) is 0 Å². The number of benzene rings is 5. The minimum Gasteiger partial charge on any atom is -0.480 e. The van der Waals surface area contributed by atoms with Crippen LogP contribution in [0.25, 0.3) is 21.5 Å². The number of rotatable bonds is 7. The van der Waals surface area contributed by atoms with Gasteiger partial charge < -0.3 is 9.47 Å². The quantitative estimate of drug-likeness (QED) is 0.120. The van der Waals surface area contributed by atoms with Gasteiger partial charge in [0.2, 0.25) is 0 Å². The molecule has 5 aromatic carbocycles. The van der Waals surface area contributed by atoms with E-state index in [-0.39, 0.29) is 0 Å². The van der Waals surface area contributed by atoms with Gasteiger partial charge in [-0.3, -0.25) is 4.79 Å². The number of hydrazone groups is 1. The molecular formula is C32H26N2O4. The molecular weight excluding hydrogens is 476 g/mol. The van der Waals surface area contributed by atoms with Crippen LogP contribution in [-0.2, 0) is 4.79 Å². The van der Waals surface area contributed by atoms with Crippen LogP contribution in [0.4, 0.5) is 0 Å². The molecule has 0 aliphatic heterocycles. The van der Waals surface area contributed by atoms with Crippen molar-refractivity contribution in [2.45, 2.75) is 20.0 Å². The van der Waals surface area contributed by atoms with Crippen molar-refractivity contribution in [3.05, 3.63) is 120 Å². The Balaban J connectivity index is 1.35. The van der Waals surface area contributed by atoms with Crippen LogP contribution in [0.15, 0.2) is 108 Å². The Bertz CT molecular complexity index is 1670. The molecule has 6 heteroatoms. The summed E-state index contributed by atoms with van der Waals surface area (Å²) >= 11 is 0. The van der Waals surface area contributed by atoms with Crippen molar-refractivity contribution in [3.63, 3.8) is 0 Å². The lowest BCUT2D eigenvalue weighted by Gasteiger charge is -2.15. The molecule has 5 aromatic rings. The van der Waals surface area contributed by atoms with Gasteiger partial charge in [-0.15, -0.1) is 0 Å².